The maximum Gasteiger partial charge on any atom is 0.195 e. The fourth-order valence-electron chi connectivity index (χ4n) is 3.70. The summed E-state index contributed by atoms with van der Waals surface area (Å²) in [7, 11) is 2.01. The molecule has 3 aromatic heterocycles. The van der Waals surface area contributed by atoms with E-state index in [1.165, 1.54) is 22.3 Å². The van der Waals surface area contributed by atoms with Crippen molar-refractivity contribution in [1.29, 1.82) is 0 Å². The average molecular weight is 395 g/mol. The van der Waals surface area contributed by atoms with Crippen LogP contribution in [0.3, 0.4) is 0 Å². The molecule has 3 heterocycles. The second kappa shape index (κ2) is 7.26. The van der Waals surface area contributed by atoms with Crippen LogP contribution in [0.5, 0.6) is 0 Å². The molecule has 0 aliphatic carbocycles. The summed E-state index contributed by atoms with van der Waals surface area (Å²) in [4.78, 5) is 12.4. The molecule has 5 aromatic rings. The van der Waals surface area contributed by atoms with Gasteiger partial charge in [-0.3, -0.25) is 0 Å². The Hall–Kier alpha value is -3.73. The molecule has 30 heavy (non-hydrogen) atoms. The van der Waals surface area contributed by atoms with Crippen molar-refractivity contribution in [3.05, 3.63) is 90.3 Å². The first kappa shape index (κ1) is 18.3. The fraction of sp³-hybridized carbons (Fsp3) is 0.160. The molecule has 0 saturated heterocycles. The molecule has 0 bridgehead atoms. The van der Waals surface area contributed by atoms with Gasteiger partial charge in [0.25, 0.3) is 0 Å². The van der Waals surface area contributed by atoms with Gasteiger partial charge in [0.1, 0.15) is 22.6 Å². The maximum absolute atomic E-state index is 4.78. The third kappa shape index (κ3) is 3.39. The van der Waals surface area contributed by atoms with Crippen molar-refractivity contribution in [3.63, 3.8) is 0 Å². The number of hydrogen-bond donors (Lipinski definition) is 1. The molecule has 5 rings (SSSR count). The SMILES string of the molecule is Cc1ccc(-c2ccc(-c3nc4cc[n+](Cc5cncn5C)cc4[nH]3)cc2)cc1C. The van der Waals surface area contributed by atoms with Crippen molar-refractivity contribution in [1.82, 2.24) is 19.5 Å². The Labute approximate surface area is 175 Å². The van der Waals surface area contributed by atoms with Crippen LogP contribution in [0.1, 0.15) is 16.8 Å². The molecular formula is C25H24N5+. The van der Waals surface area contributed by atoms with E-state index in [-0.39, 0.29) is 0 Å². The van der Waals surface area contributed by atoms with Gasteiger partial charge in [0.15, 0.2) is 18.9 Å². The quantitative estimate of drug-likeness (QED) is 0.454. The zero-order valence-corrected chi connectivity index (χ0v) is 17.4. The number of pyridine rings is 1. The van der Waals surface area contributed by atoms with Crippen molar-refractivity contribution >= 4 is 11.0 Å². The second-order valence-corrected chi connectivity index (χ2v) is 7.87. The number of imidazole rings is 2. The van der Waals surface area contributed by atoms with Crippen molar-refractivity contribution in [3.8, 4) is 22.5 Å². The second-order valence-electron chi connectivity index (χ2n) is 7.87. The number of benzene rings is 2. The van der Waals surface area contributed by atoms with Gasteiger partial charge in [0.05, 0.1) is 12.5 Å². The minimum absolute atomic E-state index is 0.769. The fourth-order valence-corrected chi connectivity index (χ4v) is 3.70. The third-order valence-electron chi connectivity index (χ3n) is 5.74. The summed E-state index contributed by atoms with van der Waals surface area (Å²) in [6.45, 7) is 5.07. The molecule has 0 atom stereocenters. The molecule has 0 aliphatic rings. The van der Waals surface area contributed by atoms with E-state index in [1.807, 2.05) is 24.1 Å². The lowest BCUT2D eigenvalue weighted by molar-refractivity contribution is -0.687. The topological polar surface area (TPSA) is 50.4 Å². The molecule has 5 nitrogen and oxygen atoms in total. The normalized spacial score (nSPS) is 11.3. The molecule has 0 spiro atoms. The minimum atomic E-state index is 0.769. The summed E-state index contributed by atoms with van der Waals surface area (Å²) < 4.78 is 4.18. The van der Waals surface area contributed by atoms with Crippen molar-refractivity contribution in [2.24, 2.45) is 7.05 Å². The lowest BCUT2D eigenvalue weighted by Gasteiger charge is -2.06. The van der Waals surface area contributed by atoms with Crippen LogP contribution in [-0.2, 0) is 13.6 Å². The zero-order chi connectivity index (χ0) is 20.7. The molecule has 1 N–H and O–H groups in total. The van der Waals surface area contributed by atoms with E-state index in [4.69, 9.17) is 4.98 Å². The van der Waals surface area contributed by atoms with Gasteiger partial charge in [-0.05, 0) is 36.1 Å². The Kier molecular flexibility index (Phi) is 4.43. The average Bonchev–Trinajstić information content (AvgIpc) is 3.36. The van der Waals surface area contributed by atoms with Crippen LogP contribution in [0.2, 0.25) is 0 Å². The number of fused-ring (bicyclic) bond motifs is 1. The monoisotopic (exact) mass is 394 g/mol. The van der Waals surface area contributed by atoms with Crippen molar-refractivity contribution in [2.75, 3.05) is 0 Å². The minimum Gasteiger partial charge on any atom is -0.333 e. The van der Waals surface area contributed by atoms with E-state index in [0.717, 1.165) is 34.7 Å². The highest BCUT2D eigenvalue weighted by atomic mass is 15.1. The number of rotatable bonds is 4. The Balaban J connectivity index is 1.43. The van der Waals surface area contributed by atoms with E-state index < -0.39 is 0 Å². The number of nitrogens with one attached hydrogen (secondary N) is 1. The first-order valence-corrected chi connectivity index (χ1v) is 10.1. The van der Waals surface area contributed by atoms with E-state index in [1.54, 1.807) is 0 Å². The standard InChI is InChI=1S/C25H23N5/c1-17-4-5-21(12-18(17)2)19-6-8-20(9-7-19)25-27-23-10-11-30(15-24(23)28-25)14-22-13-26-16-29(22)3/h4-13,15-16H,14H2,1-3H3/p+1. The number of nitrogens with zero attached hydrogens (tertiary/aromatic N) is 4. The molecular weight excluding hydrogens is 370 g/mol. The highest BCUT2D eigenvalue weighted by molar-refractivity contribution is 5.78. The van der Waals surface area contributed by atoms with Gasteiger partial charge in [-0.25, -0.2) is 9.97 Å². The summed E-state index contributed by atoms with van der Waals surface area (Å²) in [5.74, 6) is 0.884. The molecule has 0 amide bonds. The summed E-state index contributed by atoms with van der Waals surface area (Å²) >= 11 is 0. The van der Waals surface area contributed by atoms with Gasteiger partial charge in [-0.2, -0.15) is 4.57 Å². The molecule has 2 aromatic carbocycles. The van der Waals surface area contributed by atoms with Crippen LogP contribution in [0.25, 0.3) is 33.5 Å². The smallest absolute Gasteiger partial charge is 0.195 e. The third-order valence-corrected chi connectivity index (χ3v) is 5.74. The number of hydrogen-bond acceptors (Lipinski definition) is 2. The van der Waals surface area contributed by atoms with Crippen molar-refractivity contribution in [2.45, 2.75) is 20.4 Å². The van der Waals surface area contributed by atoms with Gasteiger partial charge in [-0.1, -0.05) is 42.5 Å². The molecule has 5 heteroatoms. The molecule has 148 valence electrons. The zero-order valence-electron chi connectivity index (χ0n) is 17.4. The molecule has 0 radical (unpaired) electrons. The summed E-state index contributed by atoms with van der Waals surface area (Å²) in [5, 5.41) is 0. The highest BCUT2D eigenvalue weighted by Crippen LogP contribution is 2.26. The Morgan fingerprint density at radius 3 is 2.43 bits per heavy atom. The predicted molar refractivity (Wildman–Crippen MR) is 119 cm³/mol. The van der Waals surface area contributed by atoms with Crippen LogP contribution >= 0.6 is 0 Å². The van der Waals surface area contributed by atoms with Gasteiger partial charge < -0.3 is 9.55 Å². The Morgan fingerprint density at radius 1 is 0.933 bits per heavy atom. The van der Waals surface area contributed by atoms with Gasteiger partial charge >= 0.3 is 0 Å². The van der Waals surface area contributed by atoms with Gasteiger partial charge in [0, 0.05) is 18.7 Å². The van der Waals surface area contributed by atoms with E-state index in [0.29, 0.717) is 0 Å². The predicted octanol–water partition coefficient (Wildman–Crippen LogP) is 4.58. The highest BCUT2D eigenvalue weighted by Gasteiger charge is 2.12. The molecule has 0 aliphatic heterocycles. The number of aryl methyl sites for hydroxylation is 3. The number of H-pyrrole nitrogens is 1. The lowest BCUT2D eigenvalue weighted by Crippen LogP contribution is -2.34. The Morgan fingerprint density at radius 2 is 1.70 bits per heavy atom. The first-order chi connectivity index (χ1) is 14.6. The van der Waals surface area contributed by atoms with E-state index in [9.17, 15) is 0 Å². The molecule has 0 saturated carbocycles. The molecule has 0 unspecified atom stereocenters. The lowest BCUT2D eigenvalue weighted by atomic mass is 9.99. The summed E-state index contributed by atoms with van der Waals surface area (Å²) in [5.41, 5.74) is 9.30. The van der Waals surface area contributed by atoms with E-state index in [2.05, 4.69) is 89.3 Å². The van der Waals surface area contributed by atoms with Gasteiger partial charge in [0.2, 0.25) is 0 Å². The number of aromatic amines is 1. The summed E-state index contributed by atoms with van der Waals surface area (Å²) in [6, 6.07) is 17.2. The van der Waals surface area contributed by atoms with Gasteiger partial charge in [-0.15, -0.1) is 0 Å². The largest absolute Gasteiger partial charge is 0.333 e. The van der Waals surface area contributed by atoms with Crippen molar-refractivity contribution < 1.29 is 4.57 Å². The van der Waals surface area contributed by atoms with Crippen LogP contribution in [-0.4, -0.2) is 19.5 Å². The maximum atomic E-state index is 4.78. The van der Waals surface area contributed by atoms with Crippen LogP contribution < -0.4 is 4.57 Å². The molecule has 0 fully saturated rings. The van der Waals surface area contributed by atoms with Crippen LogP contribution in [0, 0.1) is 13.8 Å². The van der Waals surface area contributed by atoms with E-state index >= 15 is 0 Å². The van der Waals surface area contributed by atoms with Crippen LogP contribution in [0.4, 0.5) is 0 Å². The number of aromatic nitrogens is 5. The first-order valence-electron chi connectivity index (χ1n) is 10.1. The summed E-state index contributed by atoms with van der Waals surface area (Å²) in [6.07, 6.45) is 7.88. The van der Waals surface area contributed by atoms with Crippen LogP contribution in [0.15, 0.2) is 73.4 Å². The Bertz CT molecular complexity index is 1340.